The molecule has 2 heterocycles. The number of halogens is 2. The minimum Gasteiger partial charge on any atom is -0.380 e. The van der Waals surface area contributed by atoms with Gasteiger partial charge in [0.05, 0.1) is 11.5 Å². The zero-order chi connectivity index (χ0) is 16.4. The van der Waals surface area contributed by atoms with E-state index in [9.17, 15) is 9.18 Å². The van der Waals surface area contributed by atoms with Gasteiger partial charge in [0.1, 0.15) is 5.82 Å². The number of nitrogens with zero attached hydrogens (tertiary/aromatic N) is 1. The van der Waals surface area contributed by atoms with E-state index >= 15 is 0 Å². The molecule has 132 valence electrons. The van der Waals surface area contributed by atoms with E-state index in [-0.39, 0.29) is 36.8 Å². The second kappa shape index (κ2) is 8.25. The number of ether oxygens (including phenoxy) is 1. The molecule has 3 rings (SSSR count). The Morgan fingerprint density at radius 3 is 3.00 bits per heavy atom. The lowest BCUT2D eigenvalue weighted by molar-refractivity contribution is 0.0738. The molecule has 1 fully saturated rings. The number of nitrogens with one attached hydrogen (secondary N) is 1. The molecule has 0 aliphatic carbocycles. The fraction of sp³-hybridized carbons (Fsp3) is 0.471. The Kier molecular flexibility index (Phi) is 6.57. The van der Waals surface area contributed by atoms with Crippen molar-refractivity contribution in [3.05, 3.63) is 34.5 Å². The van der Waals surface area contributed by atoms with Crippen LogP contribution in [0.25, 0.3) is 10.1 Å². The lowest BCUT2D eigenvalue weighted by Gasteiger charge is -2.24. The van der Waals surface area contributed by atoms with Gasteiger partial charge in [0, 0.05) is 41.9 Å². The maximum absolute atomic E-state index is 14.2. The number of carbonyl (C=O) groups excluding carboxylic acids is 1. The highest BCUT2D eigenvalue weighted by molar-refractivity contribution is 7.21. The molecule has 7 heteroatoms. The molecular formula is C17H22ClFN2O2S. The fourth-order valence-corrected chi connectivity index (χ4v) is 4.48. The predicted molar refractivity (Wildman–Crippen MR) is 97.7 cm³/mol. The molecule has 1 saturated heterocycles. The van der Waals surface area contributed by atoms with Crippen molar-refractivity contribution >= 4 is 39.7 Å². The van der Waals surface area contributed by atoms with Gasteiger partial charge in [-0.2, -0.15) is 0 Å². The molecule has 0 saturated carbocycles. The van der Waals surface area contributed by atoms with Gasteiger partial charge in [-0.05, 0) is 32.0 Å². The van der Waals surface area contributed by atoms with Gasteiger partial charge >= 0.3 is 0 Å². The van der Waals surface area contributed by atoms with Gasteiger partial charge in [-0.25, -0.2) is 4.39 Å². The highest BCUT2D eigenvalue weighted by Crippen LogP contribution is 2.35. The van der Waals surface area contributed by atoms with Gasteiger partial charge in [-0.15, -0.1) is 23.7 Å². The molecule has 1 N–H and O–H groups in total. The smallest absolute Gasteiger partial charge is 0.264 e. The highest BCUT2D eigenvalue weighted by Gasteiger charge is 2.32. The molecule has 1 amide bonds. The zero-order valence-electron chi connectivity index (χ0n) is 13.8. The van der Waals surface area contributed by atoms with Gasteiger partial charge < -0.3 is 15.0 Å². The summed E-state index contributed by atoms with van der Waals surface area (Å²) in [4.78, 5) is 15.6. The standard InChI is InChI=1S/C17H21FN2O2S.ClH/c1-19-9-11-5-4-8-20(11)17(21)16-12(10-22-2)15-13(18)6-3-7-14(15)23-16;/h3,6-7,11,19H,4-5,8-10H2,1-2H3;1H. The summed E-state index contributed by atoms with van der Waals surface area (Å²) in [5.41, 5.74) is 0.672. The van der Waals surface area contributed by atoms with Crippen molar-refractivity contribution in [2.45, 2.75) is 25.5 Å². The summed E-state index contributed by atoms with van der Waals surface area (Å²) >= 11 is 1.36. The van der Waals surface area contributed by atoms with Crippen LogP contribution in [0.1, 0.15) is 28.1 Å². The summed E-state index contributed by atoms with van der Waals surface area (Å²) in [6, 6.07) is 5.17. The predicted octanol–water partition coefficient (Wildman–Crippen LogP) is 3.43. The number of methoxy groups -OCH3 is 1. The van der Waals surface area contributed by atoms with Crippen molar-refractivity contribution in [2.24, 2.45) is 0 Å². The van der Waals surface area contributed by atoms with E-state index < -0.39 is 0 Å². The number of carbonyl (C=O) groups is 1. The minimum absolute atomic E-state index is 0. The number of hydrogen-bond donors (Lipinski definition) is 1. The molecule has 0 spiro atoms. The highest BCUT2D eigenvalue weighted by atomic mass is 35.5. The van der Waals surface area contributed by atoms with E-state index in [0.717, 1.165) is 30.6 Å². The van der Waals surface area contributed by atoms with Gasteiger partial charge in [0.25, 0.3) is 5.91 Å². The van der Waals surface area contributed by atoms with E-state index in [1.54, 1.807) is 13.2 Å². The Hall–Kier alpha value is -1.21. The summed E-state index contributed by atoms with van der Waals surface area (Å²) in [6.07, 6.45) is 2.02. The normalized spacial score (nSPS) is 17.3. The SMILES string of the molecule is CNCC1CCCN1C(=O)c1sc2cccc(F)c2c1COC.Cl. The molecule has 1 aromatic carbocycles. The van der Waals surface area contributed by atoms with E-state index in [1.165, 1.54) is 17.4 Å². The summed E-state index contributed by atoms with van der Waals surface area (Å²) in [5.74, 6) is -0.298. The topological polar surface area (TPSA) is 41.6 Å². The first-order valence-electron chi connectivity index (χ1n) is 7.81. The maximum atomic E-state index is 14.2. The molecule has 2 aromatic rings. The number of thiophene rings is 1. The Labute approximate surface area is 151 Å². The number of amides is 1. The maximum Gasteiger partial charge on any atom is 0.264 e. The number of rotatable bonds is 5. The molecule has 4 nitrogen and oxygen atoms in total. The lowest BCUT2D eigenvalue weighted by Crippen LogP contribution is -2.40. The van der Waals surface area contributed by atoms with Crippen LogP contribution in [-0.4, -0.2) is 44.1 Å². The van der Waals surface area contributed by atoms with Crippen molar-refractivity contribution in [2.75, 3.05) is 27.2 Å². The van der Waals surface area contributed by atoms with Crippen LogP contribution in [-0.2, 0) is 11.3 Å². The van der Waals surface area contributed by atoms with Gasteiger partial charge in [-0.3, -0.25) is 4.79 Å². The first-order chi connectivity index (χ1) is 11.2. The van der Waals surface area contributed by atoms with E-state index in [0.29, 0.717) is 15.8 Å². The third kappa shape index (κ3) is 3.42. The van der Waals surface area contributed by atoms with E-state index in [2.05, 4.69) is 5.32 Å². The van der Waals surface area contributed by atoms with Crippen LogP contribution >= 0.6 is 23.7 Å². The third-order valence-corrected chi connectivity index (χ3v) is 5.51. The molecule has 1 aliphatic heterocycles. The van der Waals surface area contributed by atoms with Gasteiger partial charge in [0.15, 0.2) is 0 Å². The molecule has 0 bridgehead atoms. The van der Waals surface area contributed by atoms with Gasteiger partial charge in [0.2, 0.25) is 0 Å². The summed E-state index contributed by atoms with van der Waals surface area (Å²) in [5, 5.41) is 3.67. The first-order valence-corrected chi connectivity index (χ1v) is 8.63. The Bertz CT molecular complexity index is 722. The molecule has 1 aromatic heterocycles. The van der Waals surface area contributed by atoms with Crippen molar-refractivity contribution in [1.29, 1.82) is 0 Å². The summed E-state index contributed by atoms with van der Waals surface area (Å²) < 4.78 is 20.3. The lowest BCUT2D eigenvalue weighted by atomic mass is 10.1. The average molecular weight is 373 g/mol. The largest absolute Gasteiger partial charge is 0.380 e. The first kappa shape index (κ1) is 19.1. The van der Waals surface area contributed by atoms with Crippen LogP contribution in [0.2, 0.25) is 0 Å². The van der Waals surface area contributed by atoms with E-state index in [4.69, 9.17) is 4.74 Å². The molecule has 1 unspecified atom stereocenters. The Morgan fingerprint density at radius 2 is 2.29 bits per heavy atom. The second-order valence-electron chi connectivity index (χ2n) is 5.81. The summed E-state index contributed by atoms with van der Waals surface area (Å²) in [6.45, 7) is 1.78. The van der Waals surface area contributed by atoms with Gasteiger partial charge in [-0.1, -0.05) is 6.07 Å². The number of hydrogen-bond acceptors (Lipinski definition) is 4. The summed E-state index contributed by atoms with van der Waals surface area (Å²) in [7, 11) is 3.46. The van der Waals surface area contributed by atoms with Crippen molar-refractivity contribution in [3.63, 3.8) is 0 Å². The molecule has 24 heavy (non-hydrogen) atoms. The van der Waals surface area contributed by atoms with Crippen molar-refractivity contribution in [1.82, 2.24) is 10.2 Å². The van der Waals surface area contributed by atoms with Crippen molar-refractivity contribution < 1.29 is 13.9 Å². The number of fused-ring (bicyclic) bond motifs is 1. The molecule has 1 atom stereocenters. The van der Waals surface area contributed by atoms with Crippen LogP contribution in [0.3, 0.4) is 0 Å². The van der Waals surface area contributed by atoms with Crippen LogP contribution in [0.4, 0.5) is 4.39 Å². The second-order valence-corrected chi connectivity index (χ2v) is 6.86. The number of likely N-dealkylation sites (tertiary alicyclic amines) is 1. The number of benzene rings is 1. The quantitative estimate of drug-likeness (QED) is 0.874. The minimum atomic E-state index is -0.293. The Balaban J connectivity index is 0.00000208. The Morgan fingerprint density at radius 1 is 1.50 bits per heavy atom. The van der Waals surface area contributed by atoms with Crippen molar-refractivity contribution in [3.8, 4) is 0 Å². The van der Waals surface area contributed by atoms with Crippen LogP contribution in [0.5, 0.6) is 0 Å². The third-order valence-electron chi connectivity index (χ3n) is 4.32. The van der Waals surface area contributed by atoms with Crippen LogP contribution < -0.4 is 5.32 Å². The number of likely N-dealkylation sites (N-methyl/N-ethyl adjacent to an activating group) is 1. The monoisotopic (exact) mass is 372 g/mol. The van der Waals surface area contributed by atoms with Crippen LogP contribution in [0.15, 0.2) is 18.2 Å². The molecule has 1 aliphatic rings. The zero-order valence-corrected chi connectivity index (χ0v) is 15.4. The molecular weight excluding hydrogens is 351 g/mol. The fourth-order valence-electron chi connectivity index (χ4n) is 3.30. The van der Waals surface area contributed by atoms with Crippen LogP contribution in [0, 0.1) is 5.82 Å². The average Bonchev–Trinajstić information content (AvgIpc) is 3.13. The van der Waals surface area contributed by atoms with E-state index in [1.807, 2.05) is 18.0 Å². The molecule has 0 radical (unpaired) electrons.